The minimum absolute atomic E-state index is 0.0528. The molecule has 0 aromatic heterocycles. The van der Waals surface area contributed by atoms with Gasteiger partial charge in [-0.1, -0.05) is 279 Å². The number of esters is 3. The molecule has 0 radical (unpaired) electrons. The quantitative estimate of drug-likeness (QED) is 0.0228. The second-order valence-corrected chi connectivity index (χ2v) is 23.1. The molecule has 12 nitrogen and oxygen atoms in total. The highest BCUT2D eigenvalue weighted by molar-refractivity contribution is 5.74. The molecule has 85 heavy (non-hydrogen) atoms. The number of unbranched alkanes of at least 4 members (excludes halogenated alkanes) is 28. The van der Waals surface area contributed by atoms with Crippen molar-refractivity contribution in [3.8, 4) is 0 Å². The molecule has 0 aromatic rings. The summed E-state index contributed by atoms with van der Waals surface area (Å²) in [4.78, 5) is 51.4. The SMILES string of the molecule is CC/C=C\C/C=C\C/C=C\C/C=C\C/C=C\C/C=C\CCC(=O)OCC(COC1OC(C(=O)O)C(O)C(O)C1OC(=O)CCCCCCCCCCCCCCCCCCCCC)OC(=O)CCCCCCCCC/C=C\C/C=C\CCCCC. The summed E-state index contributed by atoms with van der Waals surface area (Å²) in [5, 5.41) is 31.7. The second-order valence-electron chi connectivity index (χ2n) is 23.1. The van der Waals surface area contributed by atoms with E-state index in [-0.39, 0.29) is 25.9 Å². The molecule has 1 saturated heterocycles. The summed E-state index contributed by atoms with van der Waals surface area (Å²) in [5.41, 5.74) is 0. The molecule has 12 heteroatoms. The lowest BCUT2D eigenvalue weighted by molar-refractivity contribution is -0.301. The van der Waals surface area contributed by atoms with Crippen molar-refractivity contribution >= 4 is 23.9 Å². The summed E-state index contributed by atoms with van der Waals surface area (Å²) in [7, 11) is 0. The van der Waals surface area contributed by atoms with E-state index in [0.717, 1.165) is 122 Å². The molecular formula is C73H122O12. The Hall–Kier alpha value is -4.36. The van der Waals surface area contributed by atoms with Crippen molar-refractivity contribution in [3.63, 3.8) is 0 Å². The number of aliphatic hydroxyl groups excluding tert-OH is 2. The van der Waals surface area contributed by atoms with Crippen LogP contribution in [0.2, 0.25) is 0 Å². The molecule has 0 bridgehead atoms. The first-order valence-electron chi connectivity index (χ1n) is 34.2. The number of allylic oxidation sites excluding steroid dienone is 16. The summed E-state index contributed by atoms with van der Waals surface area (Å²) >= 11 is 0. The summed E-state index contributed by atoms with van der Waals surface area (Å²) in [6.07, 6.45) is 68.0. The van der Waals surface area contributed by atoms with E-state index in [4.69, 9.17) is 23.7 Å². The Morgan fingerprint density at radius 2 is 0.765 bits per heavy atom. The van der Waals surface area contributed by atoms with Gasteiger partial charge in [-0.25, -0.2) is 4.79 Å². The third-order valence-electron chi connectivity index (χ3n) is 15.2. The third-order valence-corrected chi connectivity index (χ3v) is 15.2. The minimum atomic E-state index is -1.92. The lowest BCUT2D eigenvalue weighted by atomic mass is 9.98. The van der Waals surface area contributed by atoms with Crippen LogP contribution in [0.4, 0.5) is 0 Å². The molecule has 1 fully saturated rings. The Labute approximate surface area is 517 Å². The number of carboxylic acids is 1. The van der Waals surface area contributed by atoms with Crippen LogP contribution >= 0.6 is 0 Å². The van der Waals surface area contributed by atoms with Gasteiger partial charge in [-0.2, -0.15) is 0 Å². The Kier molecular flexibility index (Phi) is 55.5. The van der Waals surface area contributed by atoms with E-state index in [2.05, 4.69) is 106 Å². The van der Waals surface area contributed by atoms with Gasteiger partial charge in [-0.3, -0.25) is 14.4 Å². The van der Waals surface area contributed by atoms with Crippen LogP contribution in [-0.4, -0.2) is 89.2 Å². The average molecular weight is 1190 g/mol. The number of rotatable bonds is 58. The number of carboxylic acid groups (broad SMARTS) is 1. The highest BCUT2D eigenvalue weighted by Crippen LogP contribution is 2.27. The lowest BCUT2D eigenvalue weighted by Crippen LogP contribution is -2.61. The van der Waals surface area contributed by atoms with Gasteiger partial charge in [0.1, 0.15) is 18.8 Å². The van der Waals surface area contributed by atoms with Gasteiger partial charge in [0, 0.05) is 19.3 Å². The van der Waals surface area contributed by atoms with E-state index < -0.39 is 67.3 Å². The first-order valence-corrected chi connectivity index (χ1v) is 34.2. The molecular weight excluding hydrogens is 1070 g/mol. The number of hydrogen-bond donors (Lipinski definition) is 3. The van der Waals surface area contributed by atoms with Crippen molar-refractivity contribution in [2.75, 3.05) is 13.2 Å². The first-order chi connectivity index (χ1) is 41.6. The largest absolute Gasteiger partial charge is 0.479 e. The van der Waals surface area contributed by atoms with Gasteiger partial charge < -0.3 is 39.0 Å². The van der Waals surface area contributed by atoms with E-state index >= 15 is 0 Å². The lowest BCUT2D eigenvalue weighted by Gasteiger charge is -2.40. The van der Waals surface area contributed by atoms with Crippen LogP contribution in [0.15, 0.2) is 97.2 Å². The Morgan fingerprint density at radius 3 is 1.20 bits per heavy atom. The zero-order valence-electron chi connectivity index (χ0n) is 53.8. The maximum absolute atomic E-state index is 13.2. The first kappa shape index (κ1) is 78.7. The van der Waals surface area contributed by atoms with Gasteiger partial charge in [0.2, 0.25) is 0 Å². The van der Waals surface area contributed by atoms with Crippen LogP contribution in [0.3, 0.4) is 0 Å². The van der Waals surface area contributed by atoms with Crippen LogP contribution in [-0.2, 0) is 42.9 Å². The van der Waals surface area contributed by atoms with Crippen molar-refractivity contribution in [1.82, 2.24) is 0 Å². The second kappa shape index (κ2) is 59.9. The van der Waals surface area contributed by atoms with Crippen molar-refractivity contribution in [2.45, 2.75) is 327 Å². The van der Waals surface area contributed by atoms with Gasteiger partial charge in [0.25, 0.3) is 0 Å². The summed E-state index contributed by atoms with van der Waals surface area (Å²) < 4.78 is 28.5. The Morgan fingerprint density at radius 1 is 0.400 bits per heavy atom. The van der Waals surface area contributed by atoms with Crippen molar-refractivity contribution < 1.29 is 58.2 Å². The highest BCUT2D eigenvalue weighted by Gasteiger charge is 2.50. The van der Waals surface area contributed by atoms with E-state index in [1.54, 1.807) is 0 Å². The van der Waals surface area contributed by atoms with Gasteiger partial charge in [-0.15, -0.1) is 0 Å². The highest BCUT2D eigenvalue weighted by atomic mass is 16.7. The number of aliphatic hydroxyl groups is 2. The van der Waals surface area contributed by atoms with Crippen LogP contribution in [0, 0.1) is 0 Å². The summed E-state index contributed by atoms with van der Waals surface area (Å²) in [6.45, 7) is 5.83. The molecule has 0 aliphatic carbocycles. The number of carbonyl (C=O) groups is 4. The van der Waals surface area contributed by atoms with Crippen LogP contribution in [0.1, 0.15) is 290 Å². The zero-order chi connectivity index (χ0) is 61.7. The van der Waals surface area contributed by atoms with E-state index in [9.17, 15) is 34.5 Å². The fourth-order valence-corrected chi connectivity index (χ4v) is 9.96. The number of carbonyl (C=O) groups excluding carboxylic acids is 3. The molecule has 0 spiro atoms. The molecule has 0 aromatic carbocycles. The fourth-order valence-electron chi connectivity index (χ4n) is 9.96. The maximum Gasteiger partial charge on any atom is 0.335 e. The maximum atomic E-state index is 13.2. The fraction of sp³-hybridized carbons (Fsp3) is 0.726. The van der Waals surface area contributed by atoms with Gasteiger partial charge in [-0.05, 0) is 89.9 Å². The molecule has 6 atom stereocenters. The van der Waals surface area contributed by atoms with E-state index in [1.807, 2.05) is 12.2 Å². The topological polar surface area (TPSA) is 175 Å². The monoisotopic (exact) mass is 1190 g/mol. The van der Waals surface area contributed by atoms with Crippen molar-refractivity contribution in [3.05, 3.63) is 97.2 Å². The predicted octanol–water partition coefficient (Wildman–Crippen LogP) is 18.8. The van der Waals surface area contributed by atoms with E-state index in [1.165, 1.54) is 109 Å². The number of aliphatic carboxylic acids is 1. The summed E-state index contributed by atoms with van der Waals surface area (Å²) in [6, 6.07) is 0. The molecule has 6 unspecified atom stereocenters. The van der Waals surface area contributed by atoms with Gasteiger partial charge in [0.05, 0.1) is 6.61 Å². The Bertz CT molecular complexity index is 1840. The molecule has 1 aliphatic rings. The summed E-state index contributed by atoms with van der Waals surface area (Å²) in [5.74, 6) is -3.23. The molecule has 3 N–H and O–H groups in total. The van der Waals surface area contributed by atoms with E-state index in [0.29, 0.717) is 19.3 Å². The van der Waals surface area contributed by atoms with Crippen LogP contribution in [0.25, 0.3) is 0 Å². The zero-order valence-corrected chi connectivity index (χ0v) is 53.8. The molecule has 1 heterocycles. The molecule has 486 valence electrons. The standard InChI is InChI=1S/C73H122O12/c1-4-7-10-13-16-19-22-25-28-31-33-36-38-41-44-47-50-53-56-59-65(74)81-62-64(83-66(75)60-57-54-51-48-45-42-39-35-30-27-24-21-18-15-12-9-6-3)63-82-73-71(69(78)68(77)70(85-73)72(79)80)84-67(76)61-58-55-52-49-46-43-40-37-34-32-29-26-23-20-17-14-11-8-5-2/h7,10,16,18-19,21,25,27-28,30,33,36,41,44,50,53,64,68-71,73,77-78H,4-6,8-9,11-15,17,20,22-24,26,29,31-32,34-35,37-40,42-43,45-49,51-52,54-63H2,1-3H3,(H,79,80)/b10-7-,19-16-,21-18-,28-25-,30-27-,36-33-,44-41-,53-50-. The molecule has 1 rings (SSSR count). The molecule has 0 saturated carbocycles. The van der Waals surface area contributed by atoms with Gasteiger partial charge in [0.15, 0.2) is 24.6 Å². The van der Waals surface area contributed by atoms with Crippen molar-refractivity contribution in [1.29, 1.82) is 0 Å². The molecule has 1 aliphatic heterocycles. The average Bonchev–Trinajstić information content (AvgIpc) is 3.51. The van der Waals surface area contributed by atoms with Crippen LogP contribution in [0.5, 0.6) is 0 Å². The minimum Gasteiger partial charge on any atom is -0.479 e. The molecule has 0 amide bonds. The van der Waals surface area contributed by atoms with Crippen molar-refractivity contribution in [2.24, 2.45) is 0 Å². The number of hydrogen-bond acceptors (Lipinski definition) is 11. The Balaban J connectivity index is 2.69. The van der Waals surface area contributed by atoms with Crippen LogP contribution < -0.4 is 0 Å². The van der Waals surface area contributed by atoms with Gasteiger partial charge >= 0.3 is 23.9 Å². The number of ether oxygens (including phenoxy) is 5. The normalized spacial score (nSPS) is 18.1. The smallest absolute Gasteiger partial charge is 0.335 e. The third kappa shape index (κ3) is 49.3. The predicted molar refractivity (Wildman–Crippen MR) is 349 cm³/mol.